The van der Waals surface area contributed by atoms with Crippen molar-refractivity contribution in [1.29, 1.82) is 0 Å². The third kappa shape index (κ3) is 4.22. The average Bonchev–Trinajstić information content (AvgIpc) is 3.29. The molecule has 4 rings (SSSR count). The first kappa shape index (κ1) is 23.2. The van der Waals surface area contributed by atoms with Gasteiger partial charge in [0.15, 0.2) is 0 Å². The molecule has 1 atom stereocenters. The van der Waals surface area contributed by atoms with Crippen LogP contribution in [0.5, 0.6) is 0 Å². The van der Waals surface area contributed by atoms with E-state index in [0.717, 1.165) is 31.2 Å². The van der Waals surface area contributed by atoms with Crippen LogP contribution in [0.25, 0.3) is 0 Å². The highest BCUT2D eigenvalue weighted by molar-refractivity contribution is 5.94. The van der Waals surface area contributed by atoms with Gasteiger partial charge in [-0.05, 0) is 36.0 Å². The molecule has 1 aromatic carbocycles. The van der Waals surface area contributed by atoms with E-state index in [4.69, 9.17) is 0 Å². The summed E-state index contributed by atoms with van der Waals surface area (Å²) >= 11 is 0. The Kier molecular flexibility index (Phi) is 6.18. The van der Waals surface area contributed by atoms with Crippen LogP contribution in [0.4, 0.5) is 4.79 Å². The maximum Gasteiger partial charge on any atom is 0.407 e. The predicted octanol–water partition coefficient (Wildman–Crippen LogP) is 4.11. The summed E-state index contributed by atoms with van der Waals surface area (Å²) in [7, 11) is 0. The van der Waals surface area contributed by atoms with E-state index in [1.807, 2.05) is 31.2 Å². The van der Waals surface area contributed by atoms with Crippen molar-refractivity contribution >= 4 is 12.0 Å². The standard InChI is InChI=1S/C26H33N3O4/c1-17(2)18-8-10-20(11-9-18)26(33,25(3)15-29(16-25)24(31)32)21-12-19(13-27-14-21)23(30)28-22-6-4-5-7-22/h8-14,17,22,33H,4-7,15-16H2,1-3H3,(H,28,30)(H,31,32)/t26-/m0/s1. The number of hydrogen-bond donors (Lipinski definition) is 3. The van der Waals surface area contributed by atoms with Gasteiger partial charge in [0.25, 0.3) is 5.91 Å². The molecule has 2 aromatic rings. The Labute approximate surface area is 194 Å². The third-order valence-corrected chi connectivity index (χ3v) is 7.33. The number of hydrogen-bond acceptors (Lipinski definition) is 4. The highest BCUT2D eigenvalue weighted by atomic mass is 16.4. The van der Waals surface area contributed by atoms with Crippen LogP contribution in [0.1, 0.15) is 79.4 Å². The molecule has 1 saturated heterocycles. The number of nitrogens with one attached hydrogen (secondary N) is 1. The fourth-order valence-corrected chi connectivity index (χ4v) is 5.23. The smallest absolute Gasteiger partial charge is 0.407 e. The molecule has 33 heavy (non-hydrogen) atoms. The second kappa shape index (κ2) is 8.78. The van der Waals surface area contributed by atoms with Gasteiger partial charge in [-0.2, -0.15) is 0 Å². The molecule has 0 unspecified atom stereocenters. The van der Waals surface area contributed by atoms with Crippen molar-refractivity contribution in [2.24, 2.45) is 5.41 Å². The maximum atomic E-state index is 12.9. The van der Waals surface area contributed by atoms with Crippen LogP contribution in [0.3, 0.4) is 0 Å². The van der Waals surface area contributed by atoms with Gasteiger partial charge in [0, 0.05) is 42.5 Å². The number of carboxylic acid groups (broad SMARTS) is 1. The molecule has 1 saturated carbocycles. The average molecular weight is 452 g/mol. The first-order chi connectivity index (χ1) is 15.6. The molecule has 3 N–H and O–H groups in total. The molecule has 1 aliphatic heterocycles. The van der Waals surface area contributed by atoms with Gasteiger partial charge in [-0.3, -0.25) is 9.78 Å². The predicted molar refractivity (Wildman–Crippen MR) is 125 cm³/mol. The maximum absolute atomic E-state index is 12.9. The van der Waals surface area contributed by atoms with Gasteiger partial charge in [-0.25, -0.2) is 4.79 Å². The van der Waals surface area contributed by atoms with E-state index in [2.05, 4.69) is 24.1 Å². The van der Waals surface area contributed by atoms with Gasteiger partial charge in [-0.1, -0.05) is 57.9 Å². The van der Waals surface area contributed by atoms with Crippen LogP contribution in [0, 0.1) is 5.41 Å². The van der Waals surface area contributed by atoms with Crippen LogP contribution < -0.4 is 5.32 Å². The summed E-state index contributed by atoms with van der Waals surface area (Å²) < 4.78 is 0. The summed E-state index contributed by atoms with van der Waals surface area (Å²) in [5.74, 6) is 0.151. The molecule has 2 heterocycles. The van der Waals surface area contributed by atoms with Crippen LogP contribution in [-0.4, -0.2) is 51.2 Å². The molecule has 1 aliphatic carbocycles. The highest BCUT2D eigenvalue weighted by Crippen LogP contribution is 2.50. The van der Waals surface area contributed by atoms with Crippen molar-refractivity contribution in [3.05, 3.63) is 65.0 Å². The molecule has 1 aromatic heterocycles. The number of pyridine rings is 1. The molecule has 2 fully saturated rings. The SMILES string of the molecule is CC(C)c1ccc([C@](O)(c2cncc(C(=O)NC3CCCC3)c2)C2(C)CN(C(=O)O)C2)cc1. The number of carbonyl (C=O) groups is 2. The van der Waals surface area contributed by atoms with Gasteiger partial charge in [-0.15, -0.1) is 0 Å². The van der Waals surface area contributed by atoms with E-state index in [0.29, 0.717) is 22.6 Å². The van der Waals surface area contributed by atoms with Crippen molar-refractivity contribution in [3.63, 3.8) is 0 Å². The topological polar surface area (TPSA) is 103 Å². The Balaban J connectivity index is 1.72. The largest absolute Gasteiger partial charge is 0.465 e. The summed E-state index contributed by atoms with van der Waals surface area (Å²) in [6.45, 7) is 6.46. The number of rotatable bonds is 6. The van der Waals surface area contributed by atoms with Gasteiger partial charge in [0.2, 0.25) is 0 Å². The van der Waals surface area contributed by atoms with Crippen LogP contribution in [-0.2, 0) is 5.60 Å². The summed E-state index contributed by atoms with van der Waals surface area (Å²) in [4.78, 5) is 30.0. The third-order valence-electron chi connectivity index (χ3n) is 7.33. The highest BCUT2D eigenvalue weighted by Gasteiger charge is 2.57. The Morgan fingerprint density at radius 2 is 1.76 bits per heavy atom. The zero-order valence-electron chi connectivity index (χ0n) is 19.5. The second-order valence-corrected chi connectivity index (χ2v) is 10.1. The molecular weight excluding hydrogens is 418 g/mol. The molecule has 7 heteroatoms. The molecule has 0 spiro atoms. The summed E-state index contributed by atoms with van der Waals surface area (Å²) in [6.07, 6.45) is 6.29. The van der Waals surface area contributed by atoms with E-state index < -0.39 is 17.1 Å². The van der Waals surface area contributed by atoms with Gasteiger partial charge in [0.1, 0.15) is 5.60 Å². The Morgan fingerprint density at radius 3 is 2.33 bits per heavy atom. The van der Waals surface area contributed by atoms with E-state index in [-0.39, 0.29) is 25.0 Å². The minimum absolute atomic E-state index is 0.178. The number of nitrogens with zero attached hydrogens (tertiary/aromatic N) is 2. The quantitative estimate of drug-likeness (QED) is 0.613. The molecule has 0 radical (unpaired) electrons. The van der Waals surface area contributed by atoms with Gasteiger partial charge in [0.05, 0.1) is 5.56 Å². The first-order valence-electron chi connectivity index (χ1n) is 11.7. The van der Waals surface area contributed by atoms with Gasteiger partial charge >= 0.3 is 6.09 Å². The lowest BCUT2D eigenvalue weighted by Gasteiger charge is -2.55. The molecule has 2 aliphatic rings. The van der Waals surface area contributed by atoms with Crippen molar-refractivity contribution in [2.75, 3.05) is 13.1 Å². The molecule has 2 amide bonds. The van der Waals surface area contributed by atoms with Crippen molar-refractivity contribution in [1.82, 2.24) is 15.2 Å². The molecular formula is C26H33N3O4. The Bertz CT molecular complexity index is 1020. The van der Waals surface area contributed by atoms with Gasteiger partial charge < -0.3 is 20.4 Å². The fourth-order valence-electron chi connectivity index (χ4n) is 5.23. The first-order valence-corrected chi connectivity index (χ1v) is 11.7. The lowest BCUT2D eigenvalue weighted by Crippen LogP contribution is -2.66. The van der Waals surface area contributed by atoms with Crippen molar-refractivity contribution < 1.29 is 19.8 Å². The van der Waals surface area contributed by atoms with E-state index >= 15 is 0 Å². The zero-order chi connectivity index (χ0) is 23.8. The van der Waals surface area contributed by atoms with Crippen molar-refractivity contribution in [2.45, 2.75) is 64.0 Å². The molecule has 176 valence electrons. The number of aromatic nitrogens is 1. The number of benzene rings is 1. The normalized spacial score (nSPS) is 19.7. The number of likely N-dealkylation sites (tertiary alicyclic amines) is 1. The summed E-state index contributed by atoms with van der Waals surface area (Å²) in [5, 5.41) is 24.7. The van der Waals surface area contributed by atoms with E-state index in [9.17, 15) is 19.8 Å². The monoisotopic (exact) mass is 451 g/mol. The fraction of sp³-hybridized carbons (Fsp3) is 0.500. The van der Waals surface area contributed by atoms with Crippen LogP contribution in [0.2, 0.25) is 0 Å². The van der Waals surface area contributed by atoms with Crippen LogP contribution in [0.15, 0.2) is 42.7 Å². The van der Waals surface area contributed by atoms with Crippen molar-refractivity contribution in [3.8, 4) is 0 Å². The molecule has 7 nitrogen and oxygen atoms in total. The van der Waals surface area contributed by atoms with E-state index in [1.165, 1.54) is 11.1 Å². The Morgan fingerprint density at radius 1 is 1.12 bits per heavy atom. The van der Waals surface area contributed by atoms with E-state index in [1.54, 1.807) is 12.3 Å². The molecule has 0 bridgehead atoms. The number of aliphatic hydroxyl groups is 1. The second-order valence-electron chi connectivity index (χ2n) is 10.1. The van der Waals surface area contributed by atoms with Crippen LogP contribution >= 0.6 is 0 Å². The Hall–Kier alpha value is -2.93. The minimum Gasteiger partial charge on any atom is -0.465 e. The number of amides is 2. The zero-order valence-corrected chi connectivity index (χ0v) is 19.5. The minimum atomic E-state index is -1.51. The summed E-state index contributed by atoms with van der Waals surface area (Å²) in [6, 6.07) is 9.65. The lowest BCUT2D eigenvalue weighted by molar-refractivity contribution is -0.124. The lowest BCUT2D eigenvalue weighted by atomic mass is 9.62. The summed E-state index contributed by atoms with van der Waals surface area (Å²) in [5.41, 5.74) is 0.420. The number of carbonyl (C=O) groups excluding carboxylic acids is 1.